The molecule has 2 amide bonds. The normalized spacial score (nSPS) is 29.8. The van der Waals surface area contributed by atoms with E-state index in [2.05, 4.69) is 5.32 Å². The number of carbonyl (C=O) groups excluding carboxylic acids is 2. The molecule has 2 rings (SSSR count). The largest absolute Gasteiger partial charge is 0.481 e. The quantitative estimate of drug-likeness (QED) is 0.813. The molecule has 1 saturated heterocycles. The molecule has 1 saturated carbocycles. The second kappa shape index (κ2) is 6.91. The van der Waals surface area contributed by atoms with Gasteiger partial charge in [-0.2, -0.15) is 0 Å². The number of amides is 2. The maximum absolute atomic E-state index is 12.3. The lowest BCUT2D eigenvalue weighted by molar-refractivity contribution is -0.144. The van der Waals surface area contributed by atoms with Gasteiger partial charge in [-0.15, -0.1) is 0 Å². The van der Waals surface area contributed by atoms with Crippen molar-refractivity contribution in [3.8, 4) is 0 Å². The third-order valence-electron chi connectivity index (χ3n) is 4.61. The van der Waals surface area contributed by atoms with Gasteiger partial charge in [0, 0.05) is 26.1 Å². The Balaban J connectivity index is 1.86. The molecule has 0 aromatic rings. The molecule has 6 heteroatoms. The monoisotopic (exact) mass is 296 g/mol. The van der Waals surface area contributed by atoms with Gasteiger partial charge in [0.15, 0.2) is 0 Å². The fraction of sp³-hybridized carbons (Fsp3) is 0.800. The van der Waals surface area contributed by atoms with Gasteiger partial charge < -0.3 is 15.3 Å². The molecule has 0 spiro atoms. The number of nitrogens with one attached hydrogen (secondary N) is 1. The second-order valence-corrected chi connectivity index (χ2v) is 6.21. The highest BCUT2D eigenvalue weighted by Crippen LogP contribution is 2.25. The molecule has 3 atom stereocenters. The van der Waals surface area contributed by atoms with Gasteiger partial charge in [-0.3, -0.25) is 14.4 Å². The topological polar surface area (TPSA) is 86.7 Å². The molecule has 3 unspecified atom stereocenters. The standard InChI is InChI=1S/C15H24N2O4/c1-10(18)17-7-3-5-12(9-17)14(19)16-13-6-2-4-11(8-13)15(20)21/h11-13H,2-9H2,1H3,(H,16,19)(H,20,21). The maximum Gasteiger partial charge on any atom is 0.306 e. The van der Waals surface area contributed by atoms with Crippen molar-refractivity contribution in [3.05, 3.63) is 0 Å². The van der Waals surface area contributed by atoms with Crippen molar-refractivity contribution in [2.45, 2.75) is 51.5 Å². The number of hydrogen-bond acceptors (Lipinski definition) is 3. The Bertz CT molecular complexity index is 424. The number of rotatable bonds is 3. The van der Waals surface area contributed by atoms with E-state index in [4.69, 9.17) is 5.11 Å². The molecule has 118 valence electrons. The van der Waals surface area contributed by atoms with Crippen LogP contribution in [0.1, 0.15) is 45.4 Å². The van der Waals surface area contributed by atoms with Crippen molar-refractivity contribution in [3.63, 3.8) is 0 Å². The number of aliphatic carboxylic acids is 1. The van der Waals surface area contributed by atoms with Crippen molar-refractivity contribution >= 4 is 17.8 Å². The Morgan fingerprint density at radius 1 is 1.10 bits per heavy atom. The van der Waals surface area contributed by atoms with Crippen molar-refractivity contribution in [2.75, 3.05) is 13.1 Å². The highest BCUT2D eigenvalue weighted by Gasteiger charge is 2.31. The molecule has 21 heavy (non-hydrogen) atoms. The van der Waals surface area contributed by atoms with Crippen molar-refractivity contribution in [1.82, 2.24) is 10.2 Å². The number of nitrogens with zero attached hydrogens (tertiary/aromatic N) is 1. The van der Waals surface area contributed by atoms with Crippen LogP contribution >= 0.6 is 0 Å². The van der Waals surface area contributed by atoms with Gasteiger partial charge in [0.05, 0.1) is 11.8 Å². The Kier molecular flexibility index (Phi) is 5.20. The van der Waals surface area contributed by atoms with E-state index in [1.165, 1.54) is 6.92 Å². The molecule has 2 N–H and O–H groups in total. The van der Waals surface area contributed by atoms with E-state index in [9.17, 15) is 14.4 Å². The third-order valence-corrected chi connectivity index (χ3v) is 4.61. The molecule has 1 heterocycles. The molecule has 0 aromatic heterocycles. The van der Waals surface area contributed by atoms with E-state index in [1.54, 1.807) is 4.90 Å². The van der Waals surface area contributed by atoms with E-state index in [1.807, 2.05) is 0 Å². The van der Waals surface area contributed by atoms with E-state index >= 15 is 0 Å². The molecule has 2 aliphatic rings. The fourth-order valence-electron chi connectivity index (χ4n) is 3.34. The van der Waals surface area contributed by atoms with Gasteiger partial charge in [0.25, 0.3) is 0 Å². The number of likely N-dealkylation sites (tertiary alicyclic amines) is 1. The third kappa shape index (κ3) is 4.19. The molecular weight excluding hydrogens is 272 g/mol. The summed E-state index contributed by atoms with van der Waals surface area (Å²) in [6, 6.07) is -0.0416. The second-order valence-electron chi connectivity index (χ2n) is 6.21. The summed E-state index contributed by atoms with van der Waals surface area (Å²) in [5.74, 6) is -1.29. The Hall–Kier alpha value is -1.59. The van der Waals surface area contributed by atoms with Crippen LogP contribution < -0.4 is 5.32 Å². The number of carbonyl (C=O) groups is 3. The van der Waals surface area contributed by atoms with Crippen LogP contribution in [0.5, 0.6) is 0 Å². The lowest BCUT2D eigenvalue weighted by Crippen LogP contribution is -2.48. The minimum Gasteiger partial charge on any atom is -0.481 e. The summed E-state index contributed by atoms with van der Waals surface area (Å²) in [6.07, 6.45) is 4.54. The van der Waals surface area contributed by atoms with E-state index in [-0.39, 0.29) is 29.7 Å². The lowest BCUT2D eigenvalue weighted by atomic mass is 9.85. The van der Waals surface area contributed by atoms with Crippen LogP contribution in [-0.2, 0) is 14.4 Å². The van der Waals surface area contributed by atoms with Gasteiger partial charge in [-0.05, 0) is 32.1 Å². The molecule has 0 bridgehead atoms. The first-order valence-corrected chi connectivity index (χ1v) is 7.76. The first-order chi connectivity index (χ1) is 9.97. The first-order valence-electron chi connectivity index (χ1n) is 7.76. The molecule has 0 aromatic carbocycles. The van der Waals surface area contributed by atoms with E-state index in [0.29, 0.717) is 19.4 Å². The summed E-state index contributed by atoms with van der Waals surface area (Å²) in [7, 11) is 0. The molecule has 0 radical (unpaired) electrons. The predicted molar refractivity (Wildman–Crippen MR) is 76.5 cm³/mol. The van der Waals surface area contributed by atoms with Crippen LogP contribution in [0.3, 0.4) is 0 Å². The van der Waals surface area contributed by atoms with E-state index < -0.39 is 5.97 Å². The SMILES string of the molecule is CC(=O)N1CCCC(C(=O)NC2CCCC(C(=O)O)C2)C1. The summed E-state index contributed by atoms with van der Waals surface area (Å²) in [5.41, 5.74) is 0. The van der Waals surface area contributed by atoms with Gasteiger partial charge in [-0.25, -0.2) is 0 Å². The molecule has 1 aliphatic carbocycles. The summed E-state index contributed by atoms with van der Waals surface area (Å²) in [5, 5.41) is 12.1. The fourth-order valence-corrected chi connectivity index (χ4v) is 3.34. The summed E-state index contributed by atoms with van der Waals surface area (Å²) >= 11 is 0. The Morgan fingerprint density at radius 3 is 2.48 bits per heavy atom. The zero-order valence-corrected chi connectivity index (χ0v) is 12.5. The summed E-state index contributed by atoms with van der Waals surface area (Å²) < 4.78 is 0. The van der Waals surface area contributed by atoms with Gasteiger partial charge in [0.1, 0.15) is 0 Å². The highest BCUT2D eigenvalue weighted by atomic mass is 16.4. The molecular formula is C15H24N2O4. The predicted octanol–water partition coefficient (Wildman–Crippen LogP) is 1.00. The zero-order valence-electron chi connectivity index (χ0n) is 12.5. The Morgan fingerprint density at radius 2 is 1.81 bits per heavy atom. The number of carboxylic acids is 1. The average molecular weight is 296 g/mol. The number of piperidine rings is 1. The van der Waals surface area contributed by atoms with Gasteiger partial charge >= 0.3 is 5.97 Å². The average Bonchev–Trinajstić information content (AvgIpc) is 2.47. The summed E-state index contributed by atoms with van der Waals surface area (Å²) in [6.45, 7) is 2.73. The minimum atomic E-state index is -0.769. The highest BCUT2D eigenvalue weighted by molar-refractivity contribution is 5.81. The van der Waals surface area contributed by atoms with Gasteiger partial charge in [-0.1, -0.05) is 6.42 Å². The van der Waals surface area contributed by atoms with Crippen molar-refractivity contribution in [1.29, 1.82) is 0 Å². The minimum absolute atomic E-state index is 0.0103. The van der Waals surface area contributed by atoms with E-state index in [0.717, 1.165) is 32.2 Å². The van der Waals surface area contributed by atoms with Crippen LogP contribution in [-0.4, -0.2) is 46.9 Å². The summed E-state index contributed by atoms with van der Waals surface area (Å²) in [4.78, 5) is 36.5. The Labute approximate surface area is 124 Å². The number of carboxylic acid groups (broad SMARTS) is 1. The first kappa shape index (κ1) is 15.8. The van der Waals surface area contributed by atoms with Crippen LogP contribution in [0.4, 0.5) is 0 Å². The maximum atomic E-state index is 12.3. The van der Waals surface area contributed by atoms with Gasteiger partial charge in [0.2, 0.25) is 11.8 Å². The lowest BCUT2D eigenvalue weighted by Gasteiger charge is -2.33. The molecule has 2 fully saturated rings. The molecule has 6 nitrogen and oxygen atoms in total. The van der Waals surface area contributed by atoms with Crippen LogP contribution in [0, 0.1) is 11.8 Å². The van der Waals surface area contributed by atoms with Crippen molar-refractivity contribution < 1.29 is 19.5 Å². The number of hydrogen-bond donors (Lipinski definition) is 2. The molecule has 1 aliphatic heterocycles. The van der Waals surface area contributed by atoms with Crippen LogP contribution in [0.15, 0.2) is 0 Å². The van der Waals surface area contributed by atoms with Crippen LogP contribution in [0.2, 0.25) is 0 Å². The van der Waals surface area contributed by atoms with Crippen molar-refractivity contribution in [2.24, 2.45) is 11.8 Å². The smallest absolute Gasteiger partial charge is 0.306 e. The zero-order chi connectivity index (χ0) is 15.4. The van der Waals surface area contributed by atoms with Crippen LogP contribution in [0.25, 0.3) is 0 Å².